The zero-order valence-electron chi connectivity index (χ0n) is 12.5. The molecule has 0 radical (unpaired) electrons. The molecule has 0 bridgehead atoms. The highest BCUT2D eigenvalue weighted by atomic mass is 35.5. The summed E-state index contributed by atoms with van der Waals surface area (Å²) >= 11 is 6.09. The number of rotatable bonds is 1. The molecule has 3 nitrogen and oxygen atoms in total. The molecule has 0 N–H and O–H groups in total. The molecule has 3 aromatic carbocycles. The van der Waals surface area contributed by atoms with Gasteiger partial charge in [-0.2, -0.15) is 0 Å². The number of nitrogens with zero attached hydrogens (tertiary/aromatic N) is 2. The minimum Gasteiger partial charge on any atom is -0.436 e. The monoisotopic (exact) mass is 330 g/mol. The Morgan fingerprint density at radius 3 is 2.54 bits per heavy atom. The van der Waals surface area contributed by atoms with E-state index in [0.717, 1.165) is 38.5 Å². The first kappa shape index (κ1) is 13.5. The van der Waals surface area contributed by atoms with E-state index in [1.54, 1.807) is 6.20 Å². The van der Waals surface area contributed by atoms with Crippen molar-refractivity contribution < 1.29 is 4.42 Å². The lowest BCUT2D eigenvalue weighted by Gasteiger charge is -2.01. The van der Waals surface area contributed by atoms with Crippen molar-refractivity contribution in [2.45, 2.75) is 0 Å². The van der Waals surface area contributed by atoms with Crippen molar-refractivity contribution in [2.24, 2.45) is 0 Å². The summed E-state index contributed by atoms with van der Waals surface area (Å²) in [5.74, 6) is 0. The first-order chi connectivity index (χ1) is 11.8. The van der Waals surface area contributed by atoms with Crippen LogP contribution in [-0.4, -0.2) is 9.97 Å². The summed E-state index contributed by atoms with van der Waals surface area (Å²) < 4.78 is 5.88. The number of aromatic nitrogens is 2. The smallest absolute Gasteiger partial charge is 0.246 e. The van der Waals surface area contributed by atoms with Gasteiger partial charge in [-0.05, 0) is 35.0 Å². The molecule has 114 valence electrons. The van der Waals surface area contributed by atoms with Crippen LogP contribution in [0.1, 0.15) is 0 Å². The molecular formula is C20H11ClN2O. The fourth-order valence-electron chi connectivity index (χ4n) is 3.01. The van der Waals surface area contributed by atoms with E-state index in [9.17, 15) is 0 Å². The van der Waals surface area contributed by atoms with Crippen LogP contribution >= 0.6 is 11.6 Å². The second-order valence-electron chi connectivity index (χ2n) is 5.72. The van der Waals surface area contributed by atoms with Crippen LogP contribution in [0.3, 0.4) is 0 Å². The standard InChI is InChI=1S/C20H11ClN2O/c21-15-7-3-6-14(8-15)17-11-22-20-19(23-17)16-9-12-4-1-2-5-13(12)10-18(16)24-20/h1-11H. The van der Waals surface area contributed by atoms with Crippen LogP contribution in [0.5, 0.6) is 0 Å². The van der Waals surface area contributed by atoms with Crippen LogP contribution in [0.4, 0.5) is 0 Å². The summed E-state index contributed by atoms with van der Waals surface area (Å²) in [5, 5.41) is 3.94. The van der Waals surface area contributed by atoms with Crippen molar-refractivity contribution >= 4 is 44.6 Å². The average molecular weight is 331 g/mol. The van der Waals surface area contributed by atoms with Crippen LogP contribution in [0.2, 0.25) is 5.02 Å². The van der Waals surface area contributed by atoms with Gasteiger partial charge in [0.1, 0.15) is 11.1 Å². The van der Waals surface area contributed by atoms with Gasteiger partial charge in [-0.25, -0.2) is 9.97 Å². The highest BCUT2D eigenvalue weighted by Crippen LogP contribution is 2.31. The van der Waals surface area contributed by atoms with Gasteiger partial charge in [0.05, 0.1) is 11.9 Å². The maximum Gasteiger partial charge on any atom is 0.246 e. The topological polar surface area (TPSA) is 38.9 Å². The van der Waals surface area contributed by atoms with Crippen LogP contribution < -0.4 is 0 Å². The molecular weight excluding hydrogens is 320 g/mol. The van der Waals surface area contributed by atoms with Crippen molar-refractivity contribution in [1.29, 1.82) is 0 Å². The van der Waals surface area contributed by atoms with Crippen LogP contribution in [0.25, 0.3) is 44.2 Å². The molecule has 0 spiro atoms. The first-order valence-corrected chi connectivity index (χ1v) is 8.00. The Morgan fingerprint density at radius 2 is 1.71 bits per heavy atom. The number of hydrogen-bond donors (Lipinski definition) is 0. The Hall–Kier alpha value is -2.91. The summed E-state index contributed by atoms with van der Waals surface area (Å²) in [4.78, 5) is 9.21. The molecule has 0 aliphatic rings. The minimum absolute atomic E-state index is 0.547. The second kappa shape index (κ2) is 5.05. The van der Waals surface area contributed by atoms with Gasteiger partial charge < -0.3 is 4.42 Å². The Morgan fingerprint density at radius 1 is 0.875 bits per heavy atom. The van der Waals surface area contributed by atoms with Gasteiger partial charge in [0, 0.05) is 16.0 Å². The molecule has 0 aliphatic carbocycles. The fourth-order valence-corrected chi connectivity index (χ4v) is 3.20. The Labute approximate surface area is 142 Å². The maximum absolute atomic E-state index is 6.09. The average Bonchev–Trinajstić information content (AvgIpc) is 2.96. The minimum atomic E-state index is 0.547. The lowest BCUT2D eigenvalue weighted by molar-refractivity contribution is 0.653. The third-order valence-electron chi connectivity index (χ3n) is 4.17. The number of hydrogen-bond acceptors (Lipinski definition) is 3. The zero-order chi connectivity index (χ0) is 16.1. The predicted molar refractivity (Wildman–Crippen MR) is 97.3 cm³/mol. The van der Waals surface area contributed by atoms with Gasteiger partial charge in [-0.3, -0.25) is 0 Å². The Balaban J connectivity index is 1.81. The van der Waals surface area contributed by atoms with Crippen molar-refractivity contribution in [2.75, 3.05) is 0 Å². The number of furan rings is 1. The number of halogens is 1. The molecule has 24 heavy (non-hydrogen) atoms. The summed E-state index contributed by atoms with van der Waals surface area (Å²) in [6.07, 6.45) is 1.72. The van der Waals surface area contributed by atoms with E-state index in [2.05, 4.69) is 23.2 Å². The van der Waals surface area contributed by atoms with E-state index < -0.39 is 0 Å². The third-order valence-corrected chi connectivity index (χ3v) is 4.40. The van der Waals surface area contributed by atoms with Crippen molar-refractivity contribution in [3.05, 3.63) is 71.9 Å². The molecule has 5 aromatic rings. The molecule has 0 aliphatic heterocycles. The van der Waals surface area contributed by atoms with Gasteiger partial charge in [-0.15, -0.1) is 0 Å². The van der Waals surface area contributed by atoms with Crippen molar-refractivity contribution in [3.63, 3.8) is 0 Å². The van der Waals surface area contributed by atoms with Crippen LogP contribution in [0.15, 0.2) is 71.3 Å². The quantitative estimate of drug-likeness (QED) is 0.387. The van der Waals surface area contributed by atoms with E-state index in [4.69, 9.17) is 21.0 Å². The van der Waals surface area contributed by atoms with Gasteiger partial charge in [-0.1, -0.05) is 48.0 Å². The summed E-state index contributed by atoms with van der Waals surface area (Å²) in [5.41, 5.74) is 3.83. The van der Waals surface area contributed by atoms with E-state index in [1.807, 2.05) is 42.5 Å². The summed E-state index contributed by atoms with van der Waals surface area (Å²) in [6.45, 7) is 0. The van der Waals surface area contributed by atoms with Gasteiger partial charge in [0.25, 0.3) is 0 Å². The zero-order valence-corrected chi connectivity index (χ0v) is 13.3. The summed E-state index contributed by atoms with van der Waals surface area (Å²) in [7, 11) is 0. The maximum atomic E-state index is 6.09. The normalized spacial score (nSPS) is 11.5. The lowest BCUT2D eigenvalue weighted by atomic mass is 10.1. The molecule has 0 atom stereocenters. The second-order valence-corrected chi connectivity index (χ2v) is 6.15. The van der Waals surface area contributed by atoms with Gasteiger partial charge >= 0.3 is 0 Å². The van der Waals surface area contributed by atoms with Crippen molar-refractivity contribution in [1.82, 2.24) is 9.97 Å². The third kappa shape index (κ3) is 2.06. The molecule has 0 saturated heterocycles. The van der Waals surface area contributed by atoms with E-state index in [0.29, 0.717) is 10.7 Å². The molecule has 0 amide bonds. The van der Waals surface area contributed by atoms with E-state index >= 15 is 0 Å². The Kier molecular flexibility index (Phi) is 2.84. The van der Waals surface area contributed by atoms with Crippen LogP contribution in [-0.2, 0) is 0 Å². The largest absolute Gasteiger partial charge is 0.436 e. The lowest BCUT2D eigenvalue weighted by Crippen LogP contribution is -1.86. The SMILES string of the molecule is Clc1cccc(-c2cnc3oc4cc5ccccc5cc4c3n2)c1. The van der Waals surface area contributed by atoms with Crippen LogP contribution in [0, 0.1) is 0 Å². The van der Waals surface area contributed by atoms with E-state index in [-0.39, 0.29) is 0 Å². The predicted octanol–water partition coefficient (Wildman–Crippen LogP) is 5.85. The molecule has 0 saturated carbocycles. The first-order valence-electron chi connectivity index (χ1n) is 7.62. The molecule has 2 aromatic heterocycles. The molecule has 2 heterocycles. The van der Waals surface area contributed by atoms with Gasteiger partial charge in [0.15, 0.2) is 0 Å². The highest BCUT2D eigenvalue weighted by Gasteiger charge is 2.12. The van der Waals surface area contributed by atoms with E-state index in [1.165, 1.54) is 0 Å². The van der Waals surface area contributed by atoms with Crippen molar-refractivity contribution in [3.8, 4) is 11.3 Å². The Bertz CT molecular complexity index is 1230. The molecule has 5 rings (SSSR count). The van der Waals surface area contributed by atoms with Gasteiger partial charge in [0.2, 0.25) is 5.71 Å². The molecule has 4 heteroatoms. The molecule has 0 fully saturated rings. The summed E-state index contributed by atoms with van der Waals surface area (Å²) in [6, 6.07) is 19.9. The number of fused-ring (bicyclic) bond motifs is 4. The highest BCUT2D eigenvalue weighted by molar-refractivity contribution is 6.30. The fraction of sp³-hybridized carbons (Fsp3) is 0. The molecule has 0 unspecified atom stereocenters. The number of benzene rings is 3.